The van der Waals surface area contributed by atoms with E-state index < -0.39 is 0 Å². The SMILES string of the molecule is COc1cc(OC)cc(C(=O)N2CC[C@H](NCc3ccc(Cl)cc3)C[C@H]2Cc2ccccc2)c1. The molecule has 178 valence electrons. The van der Waals surface area contributed by atoms with Crippen molar-refractivity contribution in [2.24, 2.45) is 0 Å². The molecule has 0 radical (unpaired) electrons. The zero-order chi connectivity index (χ0) is 23.9. The maximum atomic E-state index is 13.6. The molecule has 1 saturated heterocycles. The Labute approximate surface area is 206 Å². The minimum Gasteiger partial charge on any atom is -0.497 e. The van der Waals surface area contributed by atoms with Crippen LogP contribution in [0.3, 0.4) is 0 Å². The number of nitrogens with zero attached hydrogens (tertiary/aromatic N) is 1. The minimum absolute atomic E-state index is 0.00859. The molecule has 0 saturated carbocycles. The van der Waals surface area contributed by atoms with Crippen LogP contribution in [-0.4, -0.2) is 43.7 Å². The Kier molecular flexibility index (Phi) is 8.09. The van der Waals surface area contributed by atoms with Crippen LogP contribution < -0.4 is 14.8 Å². The number of hydrogen-bond acceptors (Lipinski definition) is 4. The van der Waals surface area contributed by atoms with Crippen LogP contribution in [0.1, 0.15) is 34.3 Å². The van der Waals surface area contributed by atoms with Crippen LogP contribution in [0.2, 0.25) is 5.02 Å². The summed E-state index contributed by atoms with van der Waals surface area (Å²) in [4.78, 5) is 15.7. The van der Waals surface area contributed by atoms with Crippen molar-refractivity contribution in [2.45, 2.75) is 37.9 Å². The Bertz CT molecular complexity index is 1070. The zero-order valence-corrected chi connectivity index (χ0v) is 20.4. The molecule has 6 heteroatoms. The van der Waals surface area contributed by atoms with Crippen molar-refractivity contribution in [2.75, 3.05) is 20.8 Å². The lowest BCUT2D eigenvalue weighted by atomic mass is 9.91. The normalized spacial score (nSPS) is 17.9. The average molecular weight is 479 g/mol. The molecule has 1 heterocycles. The second-order valence-corrected chi connectivity index (χ2v) is 9.11. The molecule has 3 aromatic carbocycles. The maximum Gasteiger partial charge on any atom is 0.254 e. The summed E-state index contributed by atoms with van der Waals surface area (Å²) in [5.74, 6) is 1.23. The minimum atomic E-state index is 0.00859. The first kappa shape index (κ1) is 24.1. The predicted octanol–water partition coefficient (Wildman–Crippen LogP) is 5.36. The standard InChI is InChI=1S/C28H31ClN2O3/c1-33-26-15-22(16-27(18-26)34-2)28(32)31-13-12-24(30-19-21-8-10-23(29)11-9-21)17-25(31)14-20-6-4-3-5-7-20/h3-11,15-16,18,24-25,30H,12-14,17,19H2,1-2H3/t24-,25+/m0/s1. The second kappa shape index (κ2) is 11.4. The van der Waals surface area contributed by atoms with E-state index >= 15 is 0 Å². The summed E-state index contributed by atoms with van der Waals surface area (Å²) in [6.07, 6.45) is 2.59. The first-order valence-electron chi connectivity index (χ1n) is 11.6. The van der Waals surface area contributed by atoms with Gasteiger partial charge in [-0.1, -0.05) is 54.1 Å². The van der Waals surface area contributed by atoms with Crippen molar-refractivity contribution in [3.8, 4) is 11.5 Å². The van der Waals surface area contributed by atoms with Crippen LogP contribution in [0, 0.1) is 0 Å². The highest BCUT2D eigenvalue weighted by molar-refractivity contribution is 6.30. The molecular weight excluding hydrogens is 448 g/mol. The monoisotopic (exact) mass is 478 g/mol. The highest BCUT2D eigenvalue weighted by Gasteiger charge is 2.32. The molecule has 1 fully saturated rings. The van der Waals surface area contributed by atoms with Crippen LogP contribution in [-0.2, 0) is 13.0 Å². The van der Waals surface area contributed by atoms with Gasteiger partial charge in [-0.05, 0) is 54.7 Å². The van der Waals surface area contributed by atoms with E-state index in [4.69, 9.17) is 21.1 Å². The summed E-state index contributed by atoms with van der Waals surface area (Å²) in [5.41, 5.74) is 3.01. The molecule has 0 bridgehead atoms. The molecule has 3 aromatic rings. The molecule has 1 aliphatic heterocycles. The van der Waals surface area contributed by atoms with Gasteiger partial charge in [0.1, 0.15) is 11.5 Å². The highest BCUT2D eigenvalue weighted by Crippen LogP contribution is 2.28. The van der Waals surface area contributed by atoms with E-state index in [1.165, 1.54) is 11.1 Å². The number of piperidine rings is 1. The fourth-order valence-corrected chi connectivity index (χ4v) is 4.67. The van der Waals surface area contributed by atoms with Crippen molar-refractivity contribution in [1.82, 2.24) is 10.2 Å². The number of methoxy groups -OCH3 is 2. The third-order valence-electron chi connectivity index (χ3n) is 6.40. The number of halogens is 1. The largest absolute Gasteiger partial charge is 0.497 e. The van der Waals surface area contributed by atoms with Gasteiger partial charge in [0.25, 0.3) is 5.91 Å². The lowest BCUT2D eigenvalue weighted by molar-refractivity contribution is 0.0575. The Hall–Kier alpha value is -3.02. The number of likely N-dealkylation sites (tertiary alicyclic amines) is 1. The molecular formula is C28H31ClN2O3. The number of carbonyl (C=O) groups is 1. The Balaban J connectivity index is 1.51. The van der Waals surface area contributed by atoms with Crippen LogP contribution in [0.25, 0.3) is 0 Å². The van der Waals surface area contributed by atoms with Crippen molar-refractivity contribution in [1.29, 1.82) is 0 Å². The van der Waals surface area contributed by atoms with E-state index in [1.807, 2.05) is 47.4 Å². The van der Waals surface area contributed by atoms with E-state index in [0.717, 1.165) is 30.8 Å². The van der Waals surface area contributed by atoms with Gasteiger partial charge >= 0.3 is 0 Å². The fraction of sp³-hybridized carbons (Fsp3) is 0.321. The van der Waals surface area contributed by atoms with Crippen molar-refractivity contribution >= 4 is 17.5 Å². The van der Waals surface area contributed by atoms with E-state index in [-0.39, 0.29) is 11.9 Å². The molecule has 0 unspecified atom stereocenters. The molecule has 5 nitrogen and oxygen atoms in total. The zero-order valence-electron chi connectivity index (χ0n) is 19.7. The van der Waals surface area contributed by atoms with Crippen LogP contribution in [0.15, 0.2) is 72.8 Å². The summed E-state index contributed by atoms with van der Waals surface area (Å²) in [6.45, 7) is 1.47. The van der Waals surface area contributed by atoms with Gasteiger partial charge in [0.2, 0.25) is 0 Å². The first-order valence-corrected chi connectivity index (χ1v) is 12.0. The van der Waals surface area contributed by atoms with Crippen molar-refractivity contribution < 1.29 is 14.3 Å². The molecule has 4 rings (SSSR count). The molecule has 0 aromatic heterocycles. The van der Waals surface area contributed by atoms with Gasteiger partial charge in [-0.15, -0.1) is 0 Å². The number of amides is 1. The van der Waals surface area contributed by atoms with Gasteiger partial charge < -0.3 is 19.7 Å². The van der Waals surface area contributed by atoms with Crippen molar-refractivity contribution in [3.05, 3.63) is 94.5 Å². The Morgan fingerprint density at radius 1 is 0.971 bits per heavy atom. The molecule has 0 aliphatic carbocycles. The molecule has 34 heavy (non-hydrogen) atoms. The first-order chi connectivity index (χ1) is 16.6. The molecule has 2 atom stereocenters. The van der Waals surface area contributed by atoms with Crippen LogP contribution in [0.5, 0.6) is 11.5 Å². The summed E-state index contributed by atoms with van der Waals surface area (Å²) < 4.78 is 10.8. The maximum absolute atomic E-state index is 13.6. The number of hydrogen-bond donors (Lipinski definition) is 1. The highest BCUT2D eigenvalue weighted by atomic mass is 35.5. The smallest absolute Gasteiger partial charge is 0.254 e. The van der Waals surface area contributed by atoms with Crippen molar-refractivity contribution in [3.63, 3.8) is 0 Å². The summed E-state index contributed by atoms with van der Waals surface area (Å²) in [6, 6.07) is 24.1. The second-order valence-electron chi connectivity index (χ2n) is 8.67. The Morgan fingerprint density at radius 3 is 2.29 bits per heavy atom. The predicted molar refractivity (Wildman–Crippen MR) is 136 cm³/mol. The van der Waals surface area contributed by atoms with E-state index in [1.54, 1.807) is 32.4 Å². The van der Waals surface area contributed by atoms with Gasteiger partial charge in [-0.25, -0.2) is 0 Å². The van der Waals surface area contributed by atoms with Gasteiger partial charge in [0.15, 0.2) is 0 Å². The summed E-state index contributed by atoms with van der Waals surface area (Å²) in [7, 11) is 3.19. The van der Waals surface area contributed by atoms with Gasteiger partial charge in [-0.3, -0.25) is 4.79 Å². The average Bonchev–Trinajstić information content (AvgIpc) is 2.88. The summed E-state index contributed by atoms with van der Waals surface area (Å²) >= 11 is 6.02. The fourth-order valence-electron chi connectivity index (χ4n) is 4.54. The lowest BCUT2D eigenvalue weighted by Gasteiger charge is -2.40. The number of carbonyl (C=O) groups excluding carboxylic acids is 1. The van der Waals surface area contributed by atoms with Gasteiger partial charge in [-0.2, -0.15) is 0 Å². The Morgan fingerprint density at radius 2 is 1.65 bits per heavy atom. The van der Waals surface area contributed by atoms with Crippen LogP contribution in [0.4, 0.5) is 0 Å². The van der Waals surface area contributed by atoms with E-state index in [9.17, 15) is 4.79 Å². The van der Waals surface area contributed by atoms with E-state index in [0.29, 0.717) is 29.6 Å². The number of ether oxygens (including phenoxy) is 2. The molecule has 1 N–H and O–H groups in total. The van der Waals surface area contributed by atoms with Gasteiger partial charge in [0.05, 0.1) is 14.2 Å². The topological polar surface area (TPSA) is 50.8 Å². The third-order valence-corrected chi connectivity index (χ3v) is 6.65. The molecule has 1 aliphatic rings. The van der Waals surface area contributed by atoms with E-state index in [2.05, 4.69) is 17.4 Å². The van der Waals surface area contributed by atoms with Gasteiger partial charge in [0, 0.05) is 41.8 Å². The van der Waals surface area contributed by atoms with Crippen LogP contribution >= 0.6 is 11.6 Å². The summed E-state index contributed by atoms with van der Waals surface area (Å²) in [5, 5.41) is 4.43. The number of nitrogens with one attached hydrogen (secondary N) is 1. The molecule has 1 amide bonds. The quantitative estimate of drug-likeness (QED) is 0.473. The third kappa shape index (κ3) is 6.10. The number of rotatable bonds is 8. The molecule has 0 spiro atoms. The number of benzene rings is 3. The lowest BCUT2D eigenvalue weighted by Crippen LogP contribution is -2.51.